The van der Waals surface area contributed by atoms with Crippen molar-refractivity contribution in [3.05, 3.63) is 90.0 Å². The molecule has 50 heavy (non-hydrogen) atoms. The molecule has 2 aliphatic rings. The van der Waals surface area contributed by atoms with Gasteiger partial charge in [-0.3, -0.25) is 4.79 Å². The van der Waals surface area contributed by atoms with Gasteiger partial charge in [0.2, 0.25) is 5.91 Å². The fraction of sp³-hybridized carbons (Fsp3) is 0.475. The van der Waals surface area contributed by atoms with Gasteiger partial charge < -0.3 is 29.9 Å². The van der Waals surface area contributed by atoms with Crippen molar-refractivity contribution >= 4 is 35.3 Å². The molecule has 1 heterocycles. The maximum Gasteiger partial charge on any atom is 0.333 e. The lowest BCUT2D eigenvalue weighted by Gasteiger charge is -2.30. The fourth-order valence-corrected chi connectivity index (χ4v) is 7.53. The molecule has 1 amide bonds. The average molecular weight is 705 g/mol. The van der Waals surface area contributed by atoms with Crippen molar-refractivity contribution in [1.82, 2.24) is 5.32 Å². The van der Waals surface area contributed by atoms with Crippen LogP contribution in [0.15, 0.2) is 83.8 Å². The first-order valence-corrected chi connectivity index (χ1v) is 18.7. The number of thioether (sulfide) groups is 1. The van der Waals surface area contributed by atoms with Gasteiger partial charge in [0.1, 0.15) is 18.4 Å². The standard InChI is InChI=1S/C21H25NO4S.C19H27NO3/c1-2-25-19(21(23)24)15-16-7-9-17(10-8-16)26-13-11-22-12-14-27-20-6-4-3-5-18(20)22;1-13(2)15-8-10-16(11-9-15)18(21)20-17(19(22)23)12-14-6-4-3-5-7-14/h3-10,19H,2,11-15H2,1H3,(H,23,24);3-7,13,15-17H,8-12H2,1-2H3,(H,20,21)(H,22,23)/t19-;15?,16?,17-/m01/s1. The summed E-state index contributed by atoms with van der Waals surface area (Å²) in [5.74, 6) is 1.19. The number of aliphatic carboxylic acids is 2. The highest BCUT2D eigenvalue weighted by atomic mass is 32.2. The first-order chi connectivity index (χ1) is 24.1. The summed E-state index contributed by atoms with van der Waals surface area (Å²) in [5.41, 5.74) is 3.12. The van der Waals surface area contributed by atoms with Gasteiger partial charge in [-0.2, -0.15) is 0 Å². The van der Waals surface area contributed by atoms with Gasteiger partial charge in [-0.05, 0) is 79.8 Å². The Hall–Kier alpha value is -4.02. The van der Waals surface area contributed by atoms with E-state index in [-0.39, 0.29) is 11.8 Å². The molecule has 10 heteroatoms. The minimum Gasteiger partial charge on any atom is -0.492 e. The van der Waals surface area contributed by atoms with E-state index in [0.717, 1.165) is 61.4 Å². The highest BCUT2D eigenvalue weighted by molar-refractivity contribution is 7.99. The van der Waals surface area contributed by atoms with Crippen molar-refractivity contribution in [2.75, 3.05) is 37.0 Å². The van der Waals surface area contributed by atoms with E-state index in [2.05, 4.69) is 48.3 Å². The number of rotatable bonds is 15. The van der Waals surface area contributed by atoms with E-state index in [4.69, 9.17) is 9.47 Å². The first-order valence-electron chi connectivity index (χ1n) is 17.7. The Morgan fingerprint density at radius 1 is 0.860 bits per heavy atom. The molecule has 2 atom stereocenters. The molecule has 0 saturated heterocycles. The van der Waals surface area contributed by atoms with Gasteiger partial charge in [-0.15, -0.1) is 11.8 Å². The highest BCUT2D eigenvalue weighted by Gasteiger charge is 2.30. The smallest absolute Gasteiger partial charge is 0.333 e. The van der Waals surface area contributed by atoms with Gasteiger partial charge in [0, 0.05) is 42.6 Å². The Morgan fingerprint density at radius 2 is 1.52 bits per heavy atom. The average Bonchev–Trinajstić information content (AvgIpc) is 3.12. The number of carboxylic acid groups (broad SMARTS) is 2. The SMILES string of the molecule is CC(C)C1CCC(C(=O)N[C@H](Cc2ccccc2)C(=O)O)CC1.CCO[C@@H](Cc1ccc(OCCN2CCSc3ccccc32)cc1)C(=O)O. The quantitative estimate of drug-likeness (QED) is 0.154. The van der Waals surface area contributed by atoms with Crippen molar-refractivity contribution < 1.29 is 34.1 Å². The molecule has 3 N–H and O–H groups in total. The van der Waals surface area contributed by atoms with Gasteiger partial charge in [0.15, 0.2) is 6.10 Å². The molecule has 0 bridgehead atoms. The number of hydrogen-bond donors (Lipinski definition) is 3. The Bertz CT molecular complexity index is 1490. The summed E-state index contributed by atoms with van der Waals surface area (Å²) in [5, 5.41) is 21.3. The van der Waals surface area contributed by atoms with Crippen LogP contribution in [0.3, 0.4) is 0 Å². The van der Waals surface area contributed by atoms with Crippen molar-refractivity contribution in [2.24, 2.45) is 17.8 Å². The van der Waals surface area contributed by atoms with E-state index in [0.29, 0.717) is 37.9 Å². The van der Waals surface area contributed by atoms with Crippen molar-refractivity contribution in [3.63, 3.8) is 0 Å². The van der Waals surface area contributed by atoms with Gasteiger partial charge in [-0.25, -0.2) is 9.59 Å². The summed E-state index contributed by atoms with van der Waals surface area (Å²) < 4.78 is 11.1. The monoisotopic (exact) mass is 704 g/mol. The largest absolute Gasteiger partial charge is 0.492 e. The van der Waals surface area contributed by atoms with Gasteiger partial charge in [0.05, 0.1) is 12.2 Å². The van der Waals surface area contributed by atoms with E-state index >= 15 is 0 Å². The minimum absolute atomic E-state index is 0.0392. The van der Waals surface area contributed by atoms with E-state index in [9.17, 15) is 24.6 Å². The second-order valence-electron chi connectivity index (χ2n) is 13.2. The third-order valence-corrected chi connectivity index (χ3v) is 10.5. The normalized spacial score (nSPS) is 18.2. The van der Waals surface area contributed by atoms with Crippen molar-refractivity contribution in [3.8, 4) is 5.75 Å². The van der Waals surface area contributed by atoms with Crippen LogP contribution < -0.4 is 15.0 Å². The third kappa shape index (κ3) is 12.1. The predicted octanol–water partition coefficient (Wildman–Crippen LogP) is 6.97. The minimum atomic E-state index is -0.974. The molecule has 0 spiro atoms. The van der Waals surface area contributed by atoms with Crippen molar-refractivity contribution in [2.45, 2.75) is 76.3 Å². The summed E-state index contributed by atoms with van der Waals surface area (Å²) in [6.45, 7) is 9.11. The maximum absolute atomic E-state index is 12.4. The summed E-state index contributed by atoms with van der Waals surface area (Å²) in [6.07, 6.45) is 3.73. The molecule has 0 unspecified atom stereocenters. The Labute approximate surface area is 300 Å². The zero-order valence-electron chi connectivity index (χ0n) is 29.5. The number of carboxylic acids is 2. The number of benzene rings is 3. The Balaban J connectivity index is 0.000000228. The number of amides is 1. The van der Waals surface area contributed by atoms with E-state index in [1.807, 2.05) is 66.4 Å². The van der Waals surface area contributed by atoms with E-state index in [1.54, 1.807) is 6.92 Å². The zero-order chi connectivity index (χ0) is 35.9. The van der Waals surface area contributed by atoms with Crippen LogP contribution in [-0.4, -0.2) is 72.3 Å². The van der Waals surface area contributed by atoms with Crippen LogP contribution in [-0.2, 0) is 32.0 Å². The van der Waals surface area contributed by atoms with Crippen LogP contribution >= 0.6 is 11.8 Å². The molecule has 1 fully saturated rings. The molecule has 5 rings (SSSR count). The number of carbonyl (C=O) groups excluding carboxylic acids is 1. The number of para-hydroxylation sites is 1. The van der Waals surface area contributed by atoms with Crippen LogP contribution in [0, 0.1) is 17.8 Å². The van der Waals surface area contributed by atoms with Crippen LogP contribution in [0.5, 0.6) is 5.75 Å². The fourth-order valence-electron chi connectivity index (χ4n) is 6.47. The van der Waals surface area contributed by atoms with E-state index in [1.165, 1.54) is 10.6 Å². The highest BCUT2D eigenvalue weighted by Crippen LogP contribution is 2.34. The number of hydrogen-bond acceptors (Lipinski definition) is 7. The van der Waals surface area contributed by atoms with Crippen LogP contribution in [0.4, 0.5) is 5.69 Å². The van der Waals surface area contributed by atoms with Gasteiger partial charge in [-0.1, -0.05) is 68.4 Å². The molecule has 3 aromatic carbocycles. The summed E-state index contributed by atoms with van der Waals surface area (Å²) in [7, 11) is 0. The Kier molecular flexibility index (Phi) is 15.5. The maximum atomic E-state index is 12.4. The topological polar surface area (TPSA) is 125 Å². The predicted molar refractivity (Wildman–Crippen MR) is 198 cm³/mol. The molecule has 0 aromatic heterocycles. The molecule has 1 aliphatic heterocycles. The lowest BCUT2D eigenvalue weighted by atomic mass is 9.76. The molecule has 9 nitrogen and oxygen atoms in total. The molecule has 0 radical (unpaired) electrons. The van der Waals surface area contributed by atoms with E-state index < -0.39 is 24.1 Å². The Morgan fingerprint density at radius 3 is 2.16 bits per heavy atom. The zero-order valence-corrected chi connectivity index (χ0v) is 30.3. The second-order valence-corrected chi connectivity index (χ2v) is 14.4. The summed E-state index contributed by atoms with van der Waals surface area (Å²) >= 11 is 1.90. The number of ether oxygens (including phenoxy) is 2. The van der Waals surface area contributed by atoms with Crippen LogP contribution in [0.1, 0.15) is 57.6 Å². The molecule has 270 valence electrons. The number of nitrogens with zero attached hydrogens (tertiary/aromatic N) is 1. The second kappa shape index (κ2) is 20.0. The lowest BCUT2D eigenvalue weighted by molar-refractivity contribution is -0.150. The summed E-state index contributed by atoms with van der Waals surface area (Å²) in [6, 6.07) is 24.6. The van der Waals surface area contributed by atoms with Gasteiger partial charge >= 0.3 is 11.9 Å². The number of carbonyl (C=O) groups is 3. The molecule has 3 aromatic rings. The molecule has 1 saturated carbocycles. The van der Waals surface area contributed by atoms with Crippen LogP contribution in [0.25, 0.3) is 0 Å². The van der Waals surface area contributed by atoms with Crippen LogP contribution in [0.2, 0.25) is 0 Å². The molecular formula is C40H52N2O7S. The van der Waals surface area contributed by atoms with Crippen molar-refractivity contribution in [1.29, 1.82) is 0 Å². The number of anilines is 1. The number of nitrogens with one attached hydrogen (secondary N) is 1. The first kappa shape index (κ1) is 38.8. The molecular weight excluding hydrogens is 653 g/mol. The lowest BCUT2D eigenvalue weighted by Crippen LogP contribution is -2.45. The molecule has 1 aliphatic carbocycles. The summed E-state index contributed by atoms with van der Waals surface area (Å²) in [4.78, 5) is 38.7. The third-order valence-electron chi connectivity index (χ3n) is 9.43. The van der Waals surface area contributed by atoms with Gasteiger partial charge in [0.25, 0.3) is 0 Å². The number of fused-ring (bicyclic) bond motifs is 1.